The molecule has 0 amide bonds. The number of carbonyl (C=O) groups excluding carboxylic acids is 1. The number of rotatable bonds is 2. The number of ketones is 1. The number of anilines is 1. The van der Waals surface area contributed by atoms with Gasteiger partial charge in [0.15, 0.2) is 5.78 Å². The van der Waals surface area contributed by atoms with Gasteiger partial charge in [0.2, 0.25) is 0 Å². The number of nitrogens with two attached hydrogens (primary N) is 1. The van der Waals surface area contributed by atoms with E-state index in [-0.39, 0.29) is 5.78 Å². The van der Waals surface area contributed by atoms with E-state index in [0.29, 0.717) is 21.8 Å². The van der Waals surface area contributed by atoms with Crippen LogP contribution < -0.4 is 5.73 Å². The van der Waals surface area contributed by atoms with E-state index < -0.39 is 0 Å². The van der Waals surface area contributed by atoms with E-state index in [4.69, 9.17) is 17.3 Å². The van der Waals surface area contributed by atoms with E-state index in [1.54, 1.807) is 36.5 Å². The predicted octanol–water partition coefficient (Wildman–Crippen LogP) is 2.86. The van der Waals surface area contributed by atoms with Gasteiger partial charge in [-0.1, -0.05) is 11.6 Å². The van der Waals surface area contributed by atoms with E-state index in [0.717, 1.165) is 5.69 Å². The Kier molecular flexibility index (Phi) is 3.11. The molecule has 0 saturated heterocycles. The molecule has 3 nitrogen and oxygen atoms in total. The van der Waals surface area contributed by atoms with E-state index >= 15 is 0 Å². The molecule has 0 aliphatic heterocycles. The Hall–Kier alpha value is -1.87. The first-order valence-corrected chi connectivity index (χ1v) is 5.48. The molecule has 17 heavy (non-hydrogen) atoms. The second kappa shape index (κ2) is 4.55. The van der Waals surface area contributed by atoms with Crippen LogP contribution in [-0.2, 0) is 0 Å². The summed E-state index contributed by atoms with van der Waals surface area (Å²) in [7, 11) is 0. The molecule has 2 rings (SSSR count). The number of hydrogen-bond donors (Lipinski definition) is 1. The van der Waals surface area contributed by atoms with Crippen LogP contribution in [0.1, 0.15) is 21.6 Å². The second-order valence-electron chi connectivity index (χ2n) is 3.75. The Balaban J connectivity index is 2.47. The first-order chi connectivity index (χ1) is 8.08. The minimum absolute atomic E-state index is 0.143. The van der Waals surface area contributed by atoms with Crippen molar-refractivity contribution in [2.45, 2.75) is 6.92 Å². The van der Waals surface area contributed by atoms with Crippen molar-refractivity contribution in [2.24, 2.45) is 0 Å². The van der Waals surface area contributed by atoms with Gasteiger partial charge in [-0.05, 0) is 37.3 Å². The Morgan fingerprint density at radius 3 is 2.76 bits per heavy atom. The quantitative estimate of drug-likeness (QED) is 0.655. The van der Waals surface area contributed by atoms with Crippen molar-refractivity contribution >= 4 is 23.1 Å². The lowest BCUT2D eigenvalue weighted by atomic mass is 10.0. The lowest BCUT2D eigenvalue weighted by Gasteiger charge is -2.05. The first-order valence-electron chi connectivity index (χ1n) is 5.10. The molecular formula is C13H11ClN2O. The van der Waals surface area contributed by atoms with Gasteiger partial charge in [-0.25, -0.2) is 0 Å². The summed E-state index contributed by atoms with van der Waals surface area (Å²) >= 11 is 5.86. The van der Waals surface area contributed by atoms with Gasteiger partial charge >= 0.3 is 0 Å². The largest absolute Gasteiger partial charge is 0.398 e. The van der Waals surface area contributed by atoms with Crippen LogP contribution in [0.25, 0.3) is 0 Å². The van der Waals surface area contributed by atoms with Crippen LogP contribution in [0.3, 0.4) is 0 Å². The fourth-order valence-electron chi connectivity index (χ4n) is 1.57. The zero-order chi connectivity index (χ0) is 12.4. The molecule has 0 fully saturated rings. The van der Waals surface area contributed by atoms with Gasteiger partial charge in [-0.3, -0.25) is 9.78 Å². The maximum absolute atomic E-state index is 12.2. The third-order valence-corrected chi connectivity index (χ3v) is 2.65. The molecule has 0 atom stereocenters. The van der Waals surface area contributed by atoms with Crippen LogP contribution in [0.2, 0.25) is 5.02 Å². The van der Waals surface area contributed by atoms with Crippen molar-refractivity contribution in [1.82, 2.24) is 4.98 Å². The number of nitrogens with zero attached hydrogens (tertiary/aromatic N) is 1. The smallest absolute Gasteiger partial charge is 0.195 e. The molecule has 2 N–H and O–H groups in total. The minimum atomic E-state index is -0.143. The summed E-state index contributed by atoms with van der Waals surface area (Å²) in [5.41, 5.74) is 7.96. The average molecular weight is 247 g/mol. The van der Waals surface area contributed by atoms with Crippen LogP contribution in [-0.4, -0.2) is 10.8 Å². The van der Waals surface area contributed by atoms with Gasteiger partial charge in [0.25, 0.3) is 0 Å². The SMILES string of the molecule is Cc1cc(C(=O)c2cc(Cl)ccc2N)ccn1. The number of benzene rings is 1. The monoisotopic (exact) mass is 246 g/mol. The number of pyridine rings is 1. The zero-order valence-corrected chi connectivity index (χ0v) is 10.0. The number of aromatic nitrogens is 1. The third kappa shape index (κ3) is 2.45. The third-order valence-electron chi connectivity index (χ3n) is 2.42. The normalized spacial score (nSPS) is 10.2. The first kappa shape index (κ1) is 11.6. The maximum Gasteiger partial charge on any atom is 0.195 e. The van der Waals surface area contributed by atoms with Gasteiger partial charge in [0.05, 0.1) is 0 Å². The van der Waals surface area contributed by atoms with Crippen molar-refractivity contribution in [2.75, 3.05) is 5.73 Å². The molecule has 4 heteroatoms. The Morgan fingerprint density at radius 2 is 2.06 bits per heavy atom. The highest BCUT2D eigenvalue weighted by Crippen LogP contribution is 2.21. The van der Waals surface area contributed by atoms with Crippen LogP contribution >= 0.6 is 11.6 Å². The molecule has 0 saturated carbocycles. The van der Waals surface area contributed by atoms with Crippen molar-refractivity contribution < 1.29 is 4.79 Å². The van der Waals surface area contributed by atoms with E-state index in [1.807, 2.05) is 6.92 Å². The molecule has 0 spiro atoms. The highest BCUT2D eigenvalue weighted by molar-refractivity contribution is 6.31. The summed E-state index contributed by atoms with van der Waals surface area (Å²) < 4.78 is 0. The molecule has 2 aromatic rings. The van der Waals surface area contributed by atoms with Crippen molar-refractivity contribution in [3.63, 3.8) is 0 Å². The van der Waals surface area contributed by atoms with Gasteiger partial charge in [0.1, 0.15) is 0 Å². The second-order valence-corrected chi connectivity index (χ2v) is 4.18. The van der Waals surface area contributed by atoms with Gasteiger partial charge in [0, 0.05) is 33.7 Å². The standard InChI is InChI=1S/C13H11ClN2O/c1-8-6-9(4-5-16-8)13(17)11-7-10(14)2-3-12(11)15/h2-7H,15H2,1H3. The topological polar surface area (TPSA) is 56.0 Å². The molecule has 1 aromatic carbocycles. The summed E-state index contributed by atoms with van der Waals surface area (Å²) in [5, 5.41) is 0.494. The van der Waals surface area contributed by atoms with E-state index in [1.165, 1.54) is 0 Å². The number of nitrogen functional groups attached to an aromatic ring is 1. The molecule has 0 aliphatic carbocycles. The molecule has 0 unspecified atom stereocenters. The maximum atomic E-state index is 12.2. The summed E-state index contributed by atoms with van der Waals surface area (Å²) in [5.74, 6) is -0.143. The molecule has 86 valence electrons. The number of hydrogen-bond acceptors (Lipinski definition) is 3. The van der Waals surface area contributed by atoms with Gasteiger partial charge in [-0.15, -0.1) is 0 Å². The number of aryl methyl sites for hydroxylation is 1. The lowest BCUT2D eigenvalue weighted by Crippen LogP contribution is -2.05. The summed E-state index contributed by atoms with van der Waals surface area (Å²) in [6, 6.07) is 8.25. The zero-order valence-electron chi connectivity index (χ0n) is 9.27. The fourth-order valence-corrected chi connectivity index (χ4v) is 1.74. The van der Waals surface area contributed by atoms with E-state index in [2.05, 4.69) is 4.98 Å². The van der Waals surface area contributed by atoms with Gasteiger partial charge < -0.3 is 5.73 Å². The van der Waals surface area contributed by atoms with Crippen LogP contribution in [0, 0.1) is 6.92 Å². The minimum Gasteiger partial charge on any atom is -0.398 e. The molecular weight excluding hydrogens is 236 g/mol. The van der Waals surface area contributed by atoms with Crippen LogP contribution in [0.5, 0.6) is 0 Å². The molecule has 1 heterocycles. The summed E-state index contributed by atoms with van der Waals surface area (Å²) in [6.07, 6.45) is 1.60. The number of carbonyl (C=O) groups is 1. The molecule has 0 bridgehead atoms. The molecule has 0 radical (unpaired) electrons. The Morgan fingerprint density at radius 1 is 1.29 bits per heavy atom. The number of halogens is 1. The summed E-state index contributed by atoms with van der Waals surface area (Å²) in [4.78, 5) is 16.3. The van der Waals surface area contributed by atoms with Crippen molar-refractivity contribution in [3.05, 3.63) is 58.4 Å². The highest BCUT2D eigenvalue weighted by atomic mass is 35.5. The highest BCUT2D eigenvalue weighted by Gasteiger charge is 2.13. The van der Waals surface area contributed by atoms with Crippen molar-refractivity contribution in [3.8, 4) is 0 Å². The molecule has 0 aliphatic rings. The Labute approximate surface area is 104 Å². The Bertz CT molecular complexity index is 581. The average Bonchev–Trinajstić information content (AvgIpc) is 2.31. The fraction of sp³-hybridized carbons (Fsp3) is 0.0769. The van der Waals surface area contributed by atoms with E-state index in [9.17, 15) is 4.79 Å². The van der Waals surface area contributed by atoms with Gasteiger partial charge in [-0.2, -0.15) is 0 Å². The lowest BCUT2D eigenvalue weighted by molar-refractivity contribution is 0.103. The van der Waals surface area contributed by atoms with Crippen LogP contribution in [0.4, 0.5) is 5.69 Å². The summed E-state index contributed by atoms with van der Waals surface area (Å²) in [6.45, 7) is 1.83. The van der Waals surface area contributed by atoms with Crippen LogP contribution in [0.15, 0.2) is 36.5 Å². The van der Waals surface area contributed by atoms with Crippen molar-refractivity contribution in [1.29, 1.82) is 0 Å². The molecule has 1 aromatic heterocycles. The predicted molar refractivity (Wildman–Crippen MR) is 68.3 cm³/mol.